The average Bonchev–Trinajstić information content (AvgIpc) is 3.59. The van der Waals surface area contributed by atoms with Gasteiger partial charge in [-0.15, -0.1) is 0 Å². The van der Waals surface area contributed by atoms with E-state index < -0.39 is 84.5 Å². The van der Waals surface area contributed by atoms with Gasteiger partial charge in [-0.3, -0.25) is 14.4 Å². The maximum atomic E-state index is 13.7. The van der Waals surface area contributed by atoms with Gasteiger partial charge in [0.05, 0.1) is 23.9 Å². The topological polar surface area (TPSA) is 164 Å². The Bertz CT molecular complexity index is 953. The maximum absolute atomic E-state index is 13.7. The molecular formula is C29H47NO11. The summed E-state index contributed by atoms with van der Waals surface area (Å²) < 4.78 is 26.2. The number of aliphatic hydroxyl groups excluding tert-OH is 1. The van der Waals surface area contributed by atoms with Crippen molar-refractivity contribution in [3.8, 4) is 0 Å². The molecule has 2 saturated carbocycles. The standard InChI is InChI=1S/C29H47NO11/c1-9-16(10-2)23(32)37-14-39-25(34)20-19-21(20)29(18(13-5)22(19)31,30-27(36)41-28(6,7)8)26(35)40-15-38-24(33)17(11-3)12-4/h16-22,31H,9-15H2,1-8H3,(H,30,36)/t18-,19+,20+,21+,22-,29+/m1/s1. The highest BCUT2D eigenvalue weighted by molar-refractivity contribution is 5.91. The molecule has 12 heteroatoms. The van der Waals surface area contributed by atoms with E-state index in [2.05, 4.69) is 5.32 Å². The fraction of sp³-hybridized carbons (Fsp3) is 0.828. The van der Waals surface area contributed by atoms with Crippen LogP contribution in [-0.4, -0.2) is 65.9 Å². The largest absolute Gasteiger partial charge is 0.444 e. The van der Waals surface area contributed by atoms with Gasteiger partial charge >= 0.3 is 30.0 Å². The van der Waals surface area contributed by atoms with Crippen molar-refractivity contribution in [2.75, 3.05) is 13.6 Å². The number of carbonyl (C=O) groups is 5. The fourth-order valence-corrected chi connectivity index (χ4v) is 5.97. The van der Waals surface area contributed by atoms with Crippen LogP contribution in [0.3, 0.4) is 0 Å². The van der Waals surface area contributed by atoms with Crippen molar-refractivity contribution in [3.63, 3.8) is 0 Å². The van der Waals surface area contributed by atoms with Crippen LogP contribution in [0.15, 0.2) is 0 Å². The molecule has 1 amide bonds. The van der Waals surface area contributed by atoms with Crippen molar-refractivity contribution in [1.29, 1.82) is 0 Å². The second kappa shape index (κ2) is 14.3. The molecule has 2 rings (SSSR count). The van der Waals surface area contributed by atoms with Gasteiger partial charge in [0, 0.05) is 17.8 Å². The van der Waals surface area contributed by atoms with Crippen LogP contribution in [0.2, 0.25) is 0 Å². The average molecular weight is 586 g/mol. The monoisotopic (exact) mass is 585 g/mol. The second-order valence-corrected chi connectivity index (χ2v) is 11.7. The molecule has 0 aromatic rings. The van der Waals surface area contributed by atoms with E-state index >= 15 is 0 Å². The lowest BCUT2D eigenvalue weighted by molar-refractivity contribution is -0.178. The molecule has 0 radical (unpaired) electrons. The van der Waals surface area contributed by atoms with Crippen molar-refractivity contribution in [3.05, 3.63) is 0 Å². The number of nitrogens with one attached hydrogen (secondary N) is 1. The summed E-state index contributed by atoms with van der Waals surface area (Å²) in [5.74, 6) is -6.86. The Hall–Kier alpha value is -2.89. The SMILES string of the molecule is CCC(CC)C(=O)OCOC(=O)[C@H]1[C@@H]2[C@H](O)[C@@H](CC)[C@@](NC(=O)OC(C)(C)C)(C(=O)OCOC(=O)C(CC)CC)[C@H]12. The molecule has 0 unspecified atom stereocenters. The van der Waals surface area contributed by atoms with Gasteiger partial charge in [-0.1, -0.05) is 34.6 Å². The number of carbonyl (C=O) groups excluding carboxylic acids is 5. The maximum Gasteiger partial charge on any atom is 0.408 e. The molecule has 0 bridgehead atoms. The van der Waals surface area contributed by atoms with Crippen LogP contribution in [0, 0.1) is 35.5 Å². The minimum atomic E-state index is -1.86. The van der Waals surface area contributed by atoms with Gasteiger partial charge in [0.15, 0.2) is 0 Å². The summed E-state index contributed by atoms with van der Waals surface area (Å²) in [6.45, 7) is 12.8. The first-order chi connectivity index (χ1) is 19.2. The third kappa shape index (κ3) is 7.69. The van der Waals surface area contributed by atoms with Crippen molar-refractivity contribution in [2.24, 2.45) is 35.5 Å². The quantitative estimate of drug-likeness (QED) is 0.174. The van der Waals surface area contributed by atoms with E-state index in [0.717, 1.165) is 0 Å². The highest BCUT2D eigenvalue weighted by atomic mass is 16.7. The zero-order valence-corrected chi connectivity index (χ0v) is 25.5. The van der Waals surface area contributed by atoms with E-state index in [9.17, 15) is 29.1 Å². The third-order valence-corrected chi connectivity index (χ3v) is 8.18. The van der Waals surface area contributed by atoms with Gasteiger partial charge in [-0.25, -0.2) is 9.59 Å². The molecule has 2 N–H and O–H groups in total. The molecule has 0 heterocycles. The van der Waals surface area contributed by atoms with Gasteiger partial charge in [0.1, 0.15) is 11.1 Å². The van der Waals surface area contributed by atoms with E-state index in [1.165, 1.54) is 0 Å². The molecule has 12 nitrogen and oxygen atoms in total. The molecule has 0 aromatic heterocycles. The van der Waals surface area contributed by atoms with Gasteiger partial charge in [0.25, 0.3) is 0 Å². The number of hydrogen-bond donors (Lipinski definition) is 2. The smallest absolute Gasteiger partial charge is 0.408 e. The van der Waals surface area contributed by atoms with Gasteiger partial charge < -0.3 is 34.1 Å². The number of amides is 1. The lowest BCUT2D eigenvalue weighted by Crippen LogP contribution is -2.63. The van der Waals surface area contributed by atoms with Crippen LogP contribution in [0.1, 0.15) is 87.5 Å². The van der Waals surface area contributed by atoms with Crippen LogP contribution in [0.5, 0.6) is 0 Å². The van der Waals surface area contributed by atoms with Gasteiger partial charge in [-0.2, -0.15) is 0 Å². The van der Waals surface area contributed by atoms with Crippen molar-refractivity contribution in [2.45, 2.75) is 105 Å². The Kier molecular flexibility index (Phi) is 12.0. The van der Waals surface area contributed by atoms with E-state index in [0.29, 0.717) is 25.7 Å². The van der Waals surface area contributed by atoms with Crippen LogP contribution < -0.4 is 5.32 Å². The lowest BCUT2D eigenvalue weighted by atomic mass is 9.78. The first-order valence-corrected chi connectivity index (χ1v) is 14.6. The Morgan fingerprint density at radius 2 is 1.29 bits per heavy atom. The second-order valence-electron chi connectivity index (χ2n) is 11.7. The van der Waals surface area contributed by atoms with Crippen LogP contribution in [-0.2, 0) is 42.9 Å². The zero-order valence-electron chi connectivity index (χ0n) is 25.5. The predicted octanol–water partition coefficient (Wildman–Crippen LogP) is 3.47. The molecule has 0 spiro atoms. The molecule has 2 aliphatic carbocycles. The number of ether oxygens (including phenoxy) is 5. The Morgan fingerprint density at radius 3 is 1.73 bits per heavy atom. The van der Waals surface area contributed by atoms with E-state index in [1.54, 1.807) is 27.7 Å². The first kappa shape index (κ1) is 34.3. The predicted molar refractivity (Wildman–Crippen MR) is 145 cm³/mol. The summed E-state index contributed by atoms with van der Waals surface area (Å²) in [6.07, 6.45) is 0.414. The summed E-state index contributed by atoms with van der Waals surface area (Å²) in [4.78, 5) is 64.1. The van der Waals surface area contributed by atoms with E-state index in [4.69, 9.17) is 23.7 Å². The minimum absolute atomic E-state index is 0.251. The zero-order chi connectivity index (χ0) is 31.1. The summed E-state index contributed by atoms with van der Waals surface area (Å²) in [7, 11) is 0. The summed E-state index contributed by atoms with van der Waals surface area (Å²) in [6, 6.07) is 0. The highest BCUT2D eigenvalue weighted by Crippen LogP contribution is 2.66. The first-order valence-electron chi connectivity index (χ1n) is 14.6. The van der Waals surface area contributed by atoms with Crippen LogP contribution in [0.25, 0.3) is 0 Å². The van der Waals surface area contributed by atoms with E-state index in [1.807, 2.05) is 27.7 Å². The number of hydrogen-bond acceptors (Lipinski definition) is 11. The highest BCUT2D eigenvalue weighted by Gasteiger charge is 2.79. The number of esters is 4. The van der Waals surface area contributed by atoms with Gasteiger partial charge in [0.2, 0.25) is 13.6 Å². The molecule has 2 fully saturated rings. The van der Waals surface area contributed by atoms with Gasteiger partial charge in [-0.05, 0) is 52.9 Å². The number of alkyl carbamates (subject to hydrolysis) is 1. The molecule has 41 heavy (non-hydrogen) atoms. The van der Waals surface area contributed by atoms with Crippen LogP contribution >= 0.6 is 0 Å². The van der Waals surface area contributed by atoms with Crippen LogP contribution in [0.4, 0.5) is 4.79 Å². The Labute approximate surface area is 242 Å². The normalized spacial score (nSPS) is 26.7. The molecule has 0 saturated heterocycles. The minimum Gasteiger partial charge on any atom is -0.444 e. The fourth-order valence-electron chi connectivity index (χ4n) is 5.97. The summed E-state index contributed by atoms with van der Waals surface area (Å²) >= 11 is 0. The number of fused-ring (bicyclic) bond motifs is 1. The molecule has 0 aromatic carbocycles. The molecule has 2 aliphatic rings. The van der Waals surface area contributed by atoms with E-state index in [-0.39, 0.29) is 18.3 Å². The third-order valence-electron chi connectivity index (χ3n) is 8.18. The Morgan fingerprint density at radius 1 is 0.805 bits per heavy atom. The summed E-state index contributed by atoms with van der Waals surface area (Å²) in [5, 5.41) is 13.8. The van der Waals surface area contributed by atoms with Crippen molar-refractivity contribution < 1.29 is 52.8 Å². The molecule has 234 valence electrons. The molecular weight excluding hydrogens is 538 g/mol. The van der Waals surface area contributed by atoms with Crippen molar-refractivity contribution >= 4 is 30.0 Å². The number of aliphatic hydroxyl groups is 1. The molecule has 6 atom stereocenters. The summed E-state index contributed by atoms with van der Waals surface area (Å²) in [5.41, 5.74) is -2.77. The van der Waals surface area contributed by atoms with Crippen molar-refractivity contribution in [1.82, 2.24) is 5.32 Å². The Balaban J connectivity index is 2.27. The number of rotatable bonds is 14. The molecule has 0 aliphatic heterocycles. The lowest BCUT2D eigenvalue weighted by Gasteiger charge is -2.38.